The van der Waals surface area contributed by atoms with E-state index in [2.05, 4.69) is 24.3 Å². The number of rotatable bonds is 5. The molecule has 3 aromatic rings. The molecule has 124 valence electrons. The van der Waals surface area contributed by atoms with Crippen LogP contribution in [0.3, 0.4) is 0 Å². The van der Waals surface area contributed by atoms with Gasteiger partial charge >= 0.3 is 0 Å². The van der Waals surface area contributed by atoms with Gasteiger partial charge in [-0.25, -0.2) is 0 Å². The van der Waals surface area contributed by atoms with Gasteiger partial charge in [-0.2, -0.15) is 10.5 Å². The standard InChI is InChI=1S/C19H15N3OS2/c1-22(6-7-23)19-10-18-17(25-19)9-16(24-18)8-15(12-21)14-4-2-13(11-20)3-5-14/h2-5,8-10,23H,6-7H2,1H3. The highest BCUT2D eigenvalue weighted by atomic mass is 32.1. The molecule has 3 rings (SSSR count). The molecule has 0 saturated heterocycles. The Bertz CT molecular complexity index is 969. The van der Waals surface area contributed by atoms with E-state index in [9.17, 15) is 5.26 Å². The van der Waals surface area contributed by atoms with E-state index in [4.69, 9.17) is 10.4 Å². The van der Waals surface area contributed by atoms with Crippen molar-refractivity contribution in [3.05, 3.63) is 52.4 Å². The van der Waals surface area contributed by atoms with Crippen LogP contribution in [-0.4, -0.2) is 25.3 Å². The number of hydrogen-bond donors (Lipinski definition) is 1. The third-order valence-corrected chi connectivity index (χ3v) is 6.11. The Kier molecular flexibility index (Phi) is 5.16. The number of benzene rings is 1. The summed E-state index contributed by atoms with van der Waals surface area (Å²) in [7, 11) is 1.96. The minimum Gasteiger partial charge on any atom is -0.395 e. The van der Waals surface area contributed by atoms with Crippen LogP contribution in [0.2, 0.25) is 0 Å². The summed E-state index contributed by atoms with van der Waals surface area (Å²) in [5.41, 5.74) is 1.97. The number of nitriles is 2. The van der Waals surface area contributed by atoms with Crippen LogP contribution in [0.25, 0.3) is 21.0 Å². The van der Waals surface area contributed by atoms with Crippen LogP contribution in [0.1, 0.15) is 16.0 Å². The summed E-state index contributed by atoms with van der Waals surface area (Å²) in [4.78, 5) is 3.06. The van der Waals surface area contributed by atoms with Crippen LogP contribution in [0.5, 0.6) is 0 Å². The van der Waals surface area contributed by atoms with Gasteiger partial charge in [-0.15, -0.1) is 22.7 Å². The van der Waals surface area contributed by atoms with E-state index >= 15 is 0 Å². The largest absolute Gasteiger partial charge is 0.395 e. The molecule has 0 bridgehead atoms. The molecule has 0 spiro atoms. The molecule has 25 heavy (non-hydrogen) atoms. The average molecular weight is 365 g/mol. The maximum atomic E-state index is 9.46. The van der Waals surface area contributed by atoms with Crippen molar-refractivity contribution in [1.29, 1.82) is 10.5 Å². The summed E-state index contributed by atoms with van der Waals surface area (Å²) in [6.07, 6.45) is 1.88. The Labute approximate surface area is 154 Å². The number of likely N-dealkylation sites (N-methyl/N-ethyl adjacent to an activating group) is 1. The number of fused-ring (bicyclic) bond motifs is 1. The lowest BCUT2D eigenvalue weighted by Gasteiger charge is -2.14. The molecular formula is C19H15N3OS2. The van der Waals surface area contributed by atoms with Crippen LogP contribution in [0.4, 0.5) is 5.00 Å². The second-order valence-electron chi connectivity index (χ2n) is 5.47. The average Bonchev–Trinajstić information content (AvgIpc) is 3.18. The Morgan fingerprint density at radius 2 is 1.88 bits per heavy atom. The minimum absolute atomic E-state index is 0.131. The second-order valence-corrected chi connectivity index (χ2v) is 7.64. The van der Waals surface area contributed by atoms with Crippen molar-refractivity contribution in [2.75, 3.05) is 25.1 Å². The topological polar surface area (TPSA) is 71.0 Å². The SMILES string of the molecule is CN(CCO)c1cc2sc(C=C(C#N)c3ccc(C#N)cc3)cc2s1. The van der Waals surface area contributed by atoms with Crippen LogP contribution in [0.15, 0.2) is 36.4 Å². The Balaban J connectivity index is 1.89. The quantitative estimate of drug-likeness (QED) is 0.683. The third-order valence-electron chi connectivity index (χ3n) is 3.76. The summed E-state index contributed by atoms with van der Waals surface area (Å²) in [5, 5.41) is 28.5. The molecule has 0 atom stereocenters. The van der Waals surface area contributed by atoms with Crippen molar-refractivity contribution < 1.29 is 5.11 Å². The lowest BCUT2D eigenvalue weighted by atomic mass is 10.0. The number of nitrogens with zero attached hydrogens (tertiary/aromatic N) is 3. The first-order chi connectivity index (χ1) is 12.1. The molecule has 1 aromatic carbocycles. The van der Waals surface area contributed by atoms with Crippen molar-refractivity contribution in [3.63, 3.8) is 0 Å². The summed E-state index contributed by atoms with van der Waals surface area (Å²) in [5.74, 6) is 0. The number of allylic oxidation sites excluding steroid dienone is 1. The third kappa shape index (κ3) is 3.72. The van der Waals surface area contributed by atoms with E-state index in [-0.39, 0.29) is 6.61 Å². The van der Waals surface area contributed by atoms with E-state index in [1.807, 2.05) is 18.0 Å². The number of anilines is 1. The molecule has 2 aromatic heterocycles. The lowest BCUT2D eigenvalue weighted by molar-refractivity contribution is 0.304. The summed E-state index contributed by atoms with van der Waals surface area (Å²) >= 11 is 3.32. The van der Waals surface area contributed by atoms with Gasteiger partial charge in [-0.1, -0.05) is 12.1 Å². The summed E-state index contributed by atoms with van der Waals surface area (Å²) < 4.78 is 2.35. The first-order valence-electron chi connectivity index (χ1n) is 7.62. The van der Waals surface area contributed by atoms with Gasteiger partial charge in [0.15, 0.2) is 0 Å². The van der Waals surface area contributed by atoms with Crippen LogP contribution in [0, 0.1) is 22.7 Å². The molecule has 0 amide bonds. The highest BCUT2D eigenvalue weighted by Gasteiger charge is 2.10. The van der Waals surface area contributed by atoms with Crippen LogP contribution >= 0.6 is 22.7 Å². The fraction of sp³-hybridized carbons (Fsp3) is 0.158. The molecule has 0 saturated carbocycles. The van der Waals surface area contributed by atoms with E-state index < -0.39 is 0 Å². The molecule has 0 fully saturated rings. The van der Waals surface area contributed by atoms with Crippen LogP contribution in [-0.2, 0) is 0 Å². The Hall–Kier alpha value is -2.64. The normalized spacial score (nSPS) is 11.3. The molecule has 0 radical (unpaired) electrons. The molecule has 6 heteroatoms. The monoisotopic (exact) mass is 365 g/mol. The van der Waals surface area contributed by atoms with Crippen molar-refractivity contribution >= 4 is 48.7 Å². The lowest BCUT2D eigenvalue weighted by Crippen LogP contribution is -2.19. The zero-order chi connectivity index (χ0) is 17.8. The van der Waals surface area contributed by atoms with Gasteiger partial charge in [-0.3, -0.25) is 0 Å². The second kappa shape index (κ2) is 7.50. The van der Waals surface area contributed by atoms with E-state index in [0.717, 1.165) is 15.4 Å². The van der Waals surface area contributed by atoms with Crippen molar-refractivity contribution in [2.24, 2.45) is 0 Å². The molecule has 0 unspecified atom stereocenters. The van der Waals surface area contributed by atoms with Gasteiger partial charge in [0.05, 0.1) is 34.9 Å². The van der Waals surface area contributed by atoms with E-state index in [1.165, 1.54) is 9.40 Å². The van der Waals surface area contributed by atoms with Gasteiger partial charge < -0.3 is 10.0 Å². The van der Waals surface area contributed by atoms with Gasteiger partial charge in [0.1, 0.15) is 0 Å². The van der Waals surface area contributed by atoms with Crippen LogP contribution < -0.4 is 4.90 Å². The molecule has 1 N–H and O–H groups in total. The number of hydrogen-bond acceptors (Lipinski definition) is 6. The summed E-state index contributed by atoms with van der Waals surface area (Å²) in [6.45, 7) is 0.740. The minimum atomic E-state index is 0.131. The highest BCUT2D eigenvalue weighted by molar-refractivity contribution is 7.30. The van der Waals surface area contributed by atoms with Crippen molar-refractivity contribution in [2.45, 2.75) is 0 Å². The first-order valence-corrected chi connectivity index (χ1v) is 9.25. The maximum Gasteiger partial charge on any atom is 0.0998 e. The fourth-order valence-corrected chi connectivity index (χ4v) is 4.74. The first kappa shape index (κ1) is 17.2. The Morgan fingerprint density at radius 1 is 1.16 bits per heavy atom. The van der Waals surface area contributed by atoms with Gasteiger partial charge in [0, 0.05) is 27.9 Å². The predicted molar refractivity (Wildman–Crippen MR) is 105 cm³/mol. The van der Waals surface area contributed by atoms with Crippen molar-refractivity contribution in [3.8, 4) is 12.1 Å². The predicted octanol–water partition coefficient (Wildman–Crippen LogP) is 4.33. The zero-order valence-electron chi connectivity index (χ0n) is 13.6. The molecule has 0 aliphatic heterocycles. The van der Waals surface area contributed by atoms with Gasteiger partial charge in [-0.05, 0) is 35.9 Å². The molecule has 0 aliphatic carbocycles. The molecule has 0 aliphatic rings. The zero-order valence-corrected chi connectivity index (χ0v) is 15.2. The molecular weight excluding hydrogens is 350 g/mol. The molecule has 2 heterocycles. The smallest absolute Gasteiger partial charge is 0.0998 e. The van der Waals surface area contributed by atoms with Gasteiger partial charge in [0.2, 0.25) is 0 Å². The number of thiophene rings is 2. The maximum absolute atomic E-state index is 9.46. The summed E-state index contributed by atoms with van der Waals surface area (Å²) in [6, 6.07) is 15.6. The number of aliphatic hydroxyl groups excluding tert-OH is 1. The fourth-order valence-electron chi connectivity index (χ4n) is 2.41. The molecule has 4 nitrogen and oxygen atoms in total. The van der Waals surface area contributed by atoms with Crippen molar-refractivity contribution in [1.82, 2.24) is 0 Å². The van der Waals surface area contributed by atoms with E-state index in [1.54, 1.807) is 46.9 Å². The highest BCUT2D eigenvalue weighted by Crippen LogP contribution is 2.38. The van der Waals surface area contributed by atoms with E-state index in [0.29, 0.717) is 17.7 Å². The number of aliphatic hydroxyl groups is 1. The Morgan fingerprint density at radius 3 is 2.48 bits per heavy atom. The van der Waals surface area contributed by atoms with Gasteiger partial charge in [0.25, 0.3) is 0 Å².